The summed E-state index contributed by atoms with van der Waals surface area (Å²) < 4.78 is 0.957. The molecule has 0 aliphatic rings. The Hall–Kier alpha value is -1.55. The maximum atomic E-state index is 12.6. The van der Waals surface area contributed by atoms with E-state index in [0.29, 0.717) is 18.6 Å². The van der Waals surface area contributed by atoms with Gasteiger partial charge in [0.15, 0.2) is 0 Å². The molecule has 1 aromatic carbocycles. The molecule has 0 radical (unpaired) electrons. The maximum absolute atomic E-state index is 12.6. The number of quaternary nitrogens is 1. The first kappa shape index (κ1) is 33.5. The van der Waals surface area contributed by atoms with Crippen molar-refractivity contribution in [3.8, 4) is 5.75 Å². The number of hydrogen-bond acceptors (Lipinski definition) is 2. The van der Waals surface area contributed by atoms with E-state index < -0.39 is 0 Å². The lowest BCUT2D eigenvalue weighted by Crippen LogP contribution is -2.46. The minimum atomic E-state index is -0.153. The van der Waals surface area contributed by atoms with E-state index in [-0.39, 0.29) is 16.7 Å². The first-order valence-electron chi connectivity index (χ1n) is 15.1. The van der Waals surface area contributed by atoms with Crippen molar-refractivity contribution in [1.29, 1.82) is 0 Å². The second-order valence-electron chi connectivity index (χ2n) is 14.0. The van der Waals surface area contributed by atoms with Crippen molar-refractivity contribution in [2.75, 3.05) is 33.7 Å². The monoisotopic (exact) mass is 517 g/mol. The number of benzene rings is 1. The van der Waals surface area contributed by atoms with Crippen molar-refractivity contribution in [2.24, 2.45) is 0 Å². The first-order valence-corrected chi connectivity index (χ1v) is 15.1. The SMILES string of the molecule is CCCCCCCCCCCC[N+](C)(C)CCNC(=O)CCc1cc(C(C)(C)C)c(O)c(C(C)(C)C)c1. The van der Waals surface area contributed by atoms with Crippen LogP contribution < -0.4 is 5.32 Å². The lowest BCUT2D eigenvalue weighted by Gasteiger charge is -2.30. The molecule has 0 saturated carbocycles. The van der Waals surface area contributed by atoms with Gasteiger partial charge in [-0.2, -0.15) is 0 Å². The Morgan fingerprint density at radius 1 is 0.784 bits per heavy atom. The Morgan fingerprint density at radius 3 is 1.70 bits per heavy atom. The lowest BCUT2D eigenvalue weighted by molar-refractivity contribution is -0.889. The van der Waals surface area contributed by atoms with Gasteiger partial charge in [0.2, 0.25) is 5.91 Å². The van der Waals surface area contributed by atoms with E-state index in [9.17, 15) is 9.90 Å². The molecular formula is C33H61N2O2+. The number of likely N-dealkylation sites (N-methyl/N-ethyl adjacent to an activating group) is 1. The molecule has 0 heterocycles. The van der Waals surface area contributed by atoms with E-state index >= 15 is 0 Å². The third kappa shape index (κ3) is 13.7. The number of phenols is 1. The van der Waals surface area contributed by atoms with Crippen LogP contribution in [0.5, 0.6) is 5.75 Å². The van der Waals surface area contributed by atoms with Crippen LogP contribution >= 0.6 is 0 Å². The van der Waals surface area contributed by atoms with E-state index in [1.165, 1.54) is 70.8 Å². The number of amides is 1. The number of rotatable bonds is 17. The number of aromatic hydroxyl groups is 1. The molecule has 0 bridgehead atoms. The number of carbonyl (C=O) groups is 1. The quantitative estimate of drug-likeness (QED) is 0.162. The Kier molecular flexibility index (Phi) is 14.3. The topological polar surface area (TPSA) is 49.3 Å². The summed E-state index contributed by atoms with van der Waals surface area (Å²) in [5, 5.41) is 14.1. The van der Waals surface area contributed by atoms with Crippen LogP contribution in [0.15, 0.2) is 12.1 Å². The maximum Gasteiger partial charge on any atom is 0.220 e. The van der Waals surface area contributed by atoms with Crippen molar-refractivity contribution in [3.05, 3.63) is 28.8 Å². The number of carbonyl (C=O) groups excluding carboxylic acids is 1. The number of phenolic OH excluding ortho intramolecular Hbond substituents is 1. The van der Waals surface area contributed by atoms with Crippen LogP contribution in [-0.4, -0.2) is 49.2 Å². The molecule has 1 rings (SSSR count). The average Bonchev–Trinajstić information content (AvgIpc) is 2.78. The summed E-state index contributed by atoms with van der Waals surface area (Å²) in [7, 11) is 4.55. The summed E-state index contributed by atoms with van der Waals surface area (Å²) in [4.78, 5) is 12.6. The van der Waals surface area contributed by atoms with Gasteiger partial charge in [-0.25, -0.2) is 0 Å². The molecule has 0 atom stereocenters. The highest BCUT2D eigenvalue weighted by Crippen LogP contribution is 2.40. The first-order chi connectivity index (χ1) is 17.2. The van der Waals surface area contributed by atoms with E-state index in [4.69, 9.17) is 0 Å². The molecule has 4 nitrogen and oxygen atoms in total. The molecule has 0 aliphatic carbocycles. The van der Waals surface area contributed by atoms with E-state index in [1.54, 1.807) is 0 Å². The average molecular weight is 518 g/mol. The van der Waals surface area contributed by atoms with Crippen LogP contribution in [0, 0.1) is 0 Å². The molecule has 1 amide bonds. The van der Waals surface area contributed by atoms with Crippen molar-refractivity contribution >= 4 is 5.91 Å². The van der Waals surface area contributed by atoms with Gasteiger partial charge < -0.3 is 14.9 Å². The normalized spacial score (nSPS) is 12.7. The predicted molar refractivity (Wildman–Crippen MR) is 161 cm³/mol. The third-order valence-corrected chi connectivity index (χ3v) is 7.58. The molecular weight excluding hydrogens is 456 g/mol. The fraction of sp³-hybridized carbons (Fsp3) is 0.788. The van der Waals surface area contributed by atoms with Gasteiger partial charge in [0, 0.05) is 6.42 Å². The van der Waals surface area contributed by atoms with Crippen LogP contribution in [-0.2, 0) is 22.0 Å². The van der Waals surface area contributed by atoms with Crippen LogP contribution in [0.2, 0.25) is 0 Å². The molecule has 0 aliphatic heterocycles. The predicted octanol–water partition coefficient (Wildman–Crippen LogP) is 8.03. The van der Waals surface area contributed by atoms with Gasteiger partial charge in [0.25, 0.3) is 0 Å². The van der Waals surface area contributed by atoms with Crippen LogP contribution in [0.3, 0.4) is 0 Å². The molecule has 0 unspecified atom stereocenters. The van der Waals surface area contributed by atoms with Gasteiger partial charge in [0.1, 0.15) is 5.75 Å². The molecule has 0 saturated heterocycles. The fourth-order valence-corrected chi connectivity index (χ4v) is 4.97. The van der Waals surface area contributed by atoms with Crippen molar-refractivity contribution < 1.29 is 14.4 Å². The Morgan fingerprint density at radius 2 is 1.24 bits per heavy atom. The van der Waals surface area contributed by atoms with Gasteiger partial charge in [-0.15, -0.1) is 0 Å². The molecule has 1 aromatic rings. The zero-order valence-electron chi connectivity index (χ0n) is 26.1. The van der Waals surface area contributed by atoms with Crippen molar-refractivity contribution in [2.45, 2.75) is 136 Å². The van der Waals surface area contributed by atoms with Gasteiger partial charge in [-0.05, 0) is 46.8 Å². The van der Waals surface area contributed by atoms with E-state index in [2.05, 4.69) is 80.0 Å². The van der Waals surface area contributed by atoms with Gasteiger partial charge in [-0.3, -0.25) is 4.79 Å². The van der Waals surface area contributed by atoms with E-state index in [0.717, 1.165) is 34.3 Å². The highest BCUT2D eigenvalue weighted by Gasteiger charge is 2.26. The molecule has 214 valence electrons. The number of hydrogen-bond donors (Lipinski definition) is 2. The smallest absolute Gasteiger partial charge is 0.220 e. The molecule has 0 spiro atoms. The summed E-state index contributed by atoms with van der Waals surface area (Å²) in [5.41, 5.74) is 2.74. The number of unbranched alkanes of at least 4 members (excludes halogenated alkanes) is 9. The lowest BCUT2D eigenvalue weighted by atomic mass is 9.78. The Bertz CT molecular complexity index is 765. The minimum absolute atomic E-state index is 0.113. The van der Waals surface area contributed by atoms with Gasteiger partial charge >= 0.3 is 0 Å². The highest BCUT2D eigenvalue weighted by atomic mass is 16.3. The minimum Gasteiger partial charge on any atom is -0.507 e. The second-order valence-corrected chi connectivity index (χ2v) is 14.0. The summed E-state index contributed by atoms with van der Waals surface area (Å²) >= 11 is 0. The molecule has 0 aromatic heterocycles. The summed E-state index contributed by atoms with van der Waals surface area (Å²) in [5.74, 6) is 0.511. The fourth-order valence-electron chi connectivity index (χ4n) is 4.97. The summed E-state index contributed by atoms with van der Waals surface area (Å²) in [6.45, 7) is 17.9. The number of nitrogens with one attached hydrogen (secondary N) is 1. The molecule has 37 heavy (non-hydrogen) atoms. The van der Waals surface area contributed by atoms with Crippen molar-refractivity contribution in [3.63, 3.8) is 0 Å². The Labute approximate surface area is 230 Å². The van der Waals surface area contributed by atoms with Crippen molar-refractivity contribution in [1.82, 2.24) is 5.32 Å². The van der Waals surface area contributed by atoms with E-state index in [1.807, 2.05) is 0 Å². The highest BCUT2D eigenvalue weighted by molar-refractivity contribution is 5.76. The second kappa shape index (κ2) is 15.8. The molecule has 4 heteroatoms. The van der Waals surface area contributed by atoms with Crippen LogP contribution in [0.25, 0.3) is 0 Å². The zero-order chi connectivity index (χ0) is 28.1. The largest absolute Gasteiger partial charge is 0.507 e. The molecule has 0 fully saturated rings. The van der Waals surface area contributed by atoms with Crippen LogP contribution in [0.4, 0.5) is 0 Å². The Balaban J connectivity index is 2.39. The van der Waals surface area contributed by atoms with Gasteiger partial charge in [0.05, 0.1) is 33.7 Å². The zero-order valence-corrected chi connectivity index (χ0v) is 26.1. The number of aryl methyl sites for hydroxylation is 1. The molecule has 2 N–H and O–H groups in total. The van der Waals surface area contributed by atoms with Crippen LogP contribution in [0.1, 0.15) is 136 Å². The summed E-state index contributed by atoms with van der Waals surface area (Å²) in [6, 6.07) is 4.18. The van der Waals surface area contributed by atoms with Gasteiger partial charge in [-0.1, -0.05) is 112 Å². The third-order valence-electron chi connectivity index (χ3n) is 7.58. The standard InChI is InChI=1S/C33H60N2O2/c1-10-11-12-13-14-15-16-17-18-19-23-35(8,9)24-22-34-30(36)21-20-27-25-28(32(2,3)4)31(37)29(26-27)33(5,6)7/h25-26H,10-24H2,1-9H3,(H-,34,36,37)/p+1. The number of nitrogens with zero attached hydrogens (tertiary/aromatic N) is 1. The summed E-state index contributed by atoms with van der Waals surface area (Å²) in [6.07, 6.45) is 14.8.